The minimum atomic E-state index is -0.980. The van der Waals surface area contributed by atoms with Crippen LogP contribution in [0.25, 0.3) is 32.3 Å². The number of amides is 1. The van der Waals surface area contributed by atoms with Crippen molar-refractivity contribution in [1.82, 2.24) is 6.15 Å². The van der Waals surface area contributed by atoms with Crippen molar-refractivity contribution in [3.05, 3.63) is 192 Å². The molecule has 7 heterocycles. The van der Waals surface area contributed by atoms with Gasteiger partial charge in [0.1, 0.15) is 50.3 Å². The van der Waals surface area contributed by atoms with Crippen LogP contribution in [0.3, 0.4) is 0 Å². The van der Waals surface area contributed by atoms with Crippen molar-refractivity contribution in [3.63, 3.8) is 0 Å². The molecule has 9 aromatic rings. The van der Waals surface area contributed by atoms with Gasteiger partial charge in [-0.05, 0) is 59.8 Å². The summed E-state index contributed by atoms with van der Waals surface area (Å²) >= 11 is 4.15. The average molecular weight is 1170 g/mol. The Morgan fingerprint density at radius 1 is 0.512 bits per heavy atom. The molecule has 6 N–H and O–H groups in total. The Balaban J connectivity index is 0.000000140. The van der Waals surface area contributed by atoms with E-state index in [4.69, 9.17) is 19.9 Å². The van der Waals surface area contributed by atoms with Crippen LogP contribution in [-0.4, -0.2) is 108 Å². The predicted octanol–water partition coefficient (Wildman–Crippen LogP) is 11.7. The number of hydrogen-bond acceptors (Lipinski definition) is 18. The van der Waals surface area contributed by atoms with Crippen LogP contribution >= 0.6 is 34.0 Å². The highest BCUT2D eigenvalue weighted by molar-refractivity contribution is 7.19. The molecule has 0 saturated carbocycles. The molecule has 4 aliphatic heterocycles. The van der Waals surface area contributed by atoms with Gasteiger partial charge in [-0.1, -0.05) is 127 Å². The molecule has 0 atom stereocenters. The Kier molecular flexibility index (Phi) is 18.8. The molecule has 1 amide bonds. The number of morpholine rings is 3. The first kappa shape index (κ1) is 58.3. The van der Waals surface area contributed by atoms with Gasteiger partial charge in [-0.25, -0.2) is 4.79 Å². The van der Waals surface area contributed by atoms with Gasteiger partial charge in [0.25, 0.3) is 5.91 Å². The third-order valence-corrected chi connectivity index (χ3v) is 18.8. The van der Waals surface area contributed by atoms with Crippen molar-refractivity contribution in [2.45, 2.75) is 19.3 Å². The van der Waals surface area contributed by atoms with Gasteiger partial charge in [-0.3, -0.25) is 4.79 Å². The Labute approximate surface area is 497 Å². The van der Waals surface area contributed by atoms with Crippen LogP contribution in [0.5, 0.6) is 0 Å². The molecule has 17 nitrogen and oxygen atoms in total. The fraction of sp³-hybridized carbons (Fsp3) is 0.250. The lowest BCUT2D eigenvalue weighted by molar-refractivity contribution is 0.0700. The number of nitrogens with zero attached hydrogens (tertiary/aromatic N) is 9. The minimum Gasteiger partial charge on any atom is -0.477 e. The highest BCUT2D eigenvalue weighted by atomic mass is 32.1. The number of rotatable bonds is 12. The summed E-state index contributed by atoms with van der Waals surface area (Å²) in [6, 6.07) is 50.4. The van der Waals surface area contributed by atoms with Gasteiger partial charge in [0.15, 0.2) is 0 Å². The number of carboxylic acids is 1. The Bertz CT molecular complexity index is 3920. The van der Waals surface area contributed by atoms with E-state index in [0.717, 1.165) is 88.0 Å². The van der Waals surface area contributed by atoms with E-state index < -0.39 is 11.9 Å². The van der Waals surface area contributed by atoms with Crippen molar-refractivity contribution in [1.29, 1.82) is 15.8 Å². The summed E-state index contributed by atoms with van der Waals surface area (Å²) < 4.78 is 16.3. The monoisotopic (exact) mass is 1170 g/mol. The van der Waals surface area contributed by atoms with Crippen LogP contribution in [0, 0.1) is 34.0 Å². The van der Waals surface area contributed by atoms with Crippen molar-refractivity contribution < 1.29 is 28.9 Å². The zero-order chi connectivity index (χ0) is 57.2. The van der Waals surface area contributed by atoms with Gasteiger partial charge in [-0.2, -0.15) is 20.9 Å². The zero-order valence-corrected chi connectivity index (χ0v) is 48.4. The van der Waals surface area contributed by atoms with E-state index in [2.05, 4.69) is 115 Å². The second kappa shape index (κ2) is 27.0. The van der Waals surface area contributed by atoms with Gasteiger partial charge < -0.3 is 45.9 Å². The molecule has 424 valence electrons. The number of ether oxygens (including phenoxy) is 3. The standard InChI is InChI=1S/C22H19N5OS.C21H19N3O2S.C21H18N2O3S.H3N/c23-13-19-18(12-15-5-6-16-3-1-2-4-17(16)11-15)21(20-14-24-26-25-20)29-22(19)27-7-9-28-10-8-27;22-13-18-17(12-14-5-6-15-3-1-2-4-16(15)11-14)19(20(23)25)27-21(18)24-7-9-26-10-8-24;22-13-18-17(12-14-5-6-15-3-1-2-4-16(15)11-14)19(21(24)25)27-20(18)23-7-9-26-10-8-23;/h1-6,11H,7-10,12,14H2;1-6,11H,7-10,12H2,(H2,23,25);1-6,11H,7-10,12H2,(H,24,25);1H3. The van der Waals surface area contributed by atoms with E-state index in [1.807, 2.05) is 60.7 Å². The summed E-state index contributed by atoms with van der Waals surface area (Å²) in [5, 5.41) is 61.0. The zero-order valence-electron chi connectivity index (χ0n) is 46.0. The van der Waals surface area contributed by atoms with Crippen LogP contribution in [0.15, 0.2) is 143 Å². The van der Waals surface area contributed by atoms with E-state index in [0.29, 0.717) is 113 Å². The highest BCUT2D eigenvalue weighted by Crippen LogP contribution is 2.41. The summed E-state index contributed by atoms with van der Waals surface area (Å²) in [7, 11) is 0. The normalized spacial score (nSPS) is 14.8. The Morgan fingerprint density at radius 3 is 1.24 bits per heavy atom. The lowest BCUT2D eigenvalue weighted by atomic mass is 9.97. The molecule has 0 spiro atoms. The Hall–Kier alpha value is -8.88. The fourth-order valence-electron chi connectivity index (χ4n) is 10.8. The smallest absolute Gasteiger partial charge is 0.346 e. The summed E-state index contributed by atoms with van der Waals surface area (Å²) in [5.74, 6) is -1.46. The van der Waals surface area contributed by atoms with Crippen LogP contribution in [0.2, 0.25) is 0 Å². The van der Waals surface area contributed by atoms with E-state index in [1.54, 1.807) is 11.3 Å². The maximum atomic E-state index is 12.1. The van der Waals surface area contributed by atoms with Gasteiger partial charge in [-0.15, -0.1) is 39.1 Å². The average Bonchev–Trinajstić information content (AvgIpc) is 2.74. The largest absolute Gasteiger partial charge is 0.477 e. The molecule has 0 bridgehead atoms. The summed E-state index contributed by atoms with van der Waals surface area (Å²) in [4.78, 5) is 32.1. The summed E-state index contributed by atoms with van der Waals surface area (Å²) in [5.41, 5.74) is 13.9. The van der Waals surface area contributed by atoms with Crippen molar-refractivity contribution in [2.24, 2.45) is 21.2 Å². The van der Waals surface area contributed by atoms with E-state index in [-0.39, 0.29) is 11.0 Å². The van der Waals surface area contributed by atoms with Crippen molar-refractivity contribution in [3.8, 4) is 18.2 Å². The van der Waals surface area contributed by atoms with Crippen LogP contribution in [0.4, 0.5) is 15.0 Å². The van der Waals surface area contributed by atoms with E-state index in [1.165, 1.54) is 39.0 Å². The van der Waals surface area contributed by atoms with Crippen LogP contribution in [0.1, 0.15) is 74.3 Å². The highest BCUT2D eigenvalue weighted by Gasteiger charge is 2.30. The molecule has 3 fully saturated rings. The number of carbonyl (C=O) groups is 2. The second-order valence-electron chi connectivity index (χ2n) is 20.1. The first-order valence-corrected chi connectivity index (χ1v) is 29.7. The first-order valence-electron chi connectivity index (χ1n) is 27.2. The van der Waals surface area contributed by atoms with Gasteiger partial charge >= 0.3 is 5.97 Å². The number of carbonyl (C=O) groups excluding carboxylic acids is 1. The van der Waals surface area contributed by atoms with E-state index in [9.17, 15) is 30.5 Å². The maximum absolute atomic E-state index is 12.1. The quantitative estimate of drug-likeness (QED) is 0.103. The predicted molar refractivity (Wildman–Crippen MR) is 333 cm³/mol. The van der Waals surface area contributed by atoms with Crippen LogP contribution < -0.4 is 26.6 Å². The van der Waals surface area contributed by atoms with Gasteiger partial charge in [0.2, 0.25) is 0 Å². The number of primary amides is 1. The number of anilines is 3. The second-order valence-corrected chi connectivity index (χ2v) is 23.1. The topological polar surface area (TPSA) is 261 Å². The fourth-order valence-corrected chi connectivity index (χ4v) is 14.4. The molecule has 20 heteroatoms. The number of thiophene rings is 3. The lowest BCUT2D eigenvalue weighted by Gasteiger charge is -2.27. The number of fused-ring (bicyclic) bond motifs is 3. The molecule has 4 aliphatic rings. The summed E-state index contributed by atoms with van der Waals surface area (Å²) in [6.45, 7) is 8.61. The van der Waals surface area contributed by atoms with Crippen molar-refractivity contribution >= 4 is 98.9 Å². The molecule has 0 radical (unpaired) electrons. The molecular formula is C64H59N11O6S3. The van der Waals surface area contributed by atoms with Gasteiger partial charge in [0.05, 0.1) is 66.1 Å². The number of nitrogens with two attached hydrogens (primary N) is 1. The number of carboxylic acid groups (broad SMARTS) is 1. The third kappa shape index (κ3) is 12.8. The van der Waals surface area contributed by atoms with Crippen molar-refractivity contribution in [2.75, 3.05) is 100 Å². The molecule has 13 rings (SSSR count). The molecule has 0 unspecified atom stereocenters. The molecule has 3 saturated heterocycles. The maximum Gasteiger partial charge on any atom is 0.346 e. The number of aromatic carboxylic acids is 1. The van der Waals surface area contributed by atoms with E-state index >= 15 is 0 Å². The number of hydrogen-bond donors (Lipinski definition) is 3. The minimum absolute atomic E-state index is 0. The Morgan fingerprint density at radius 2 is 0.869 bits per heavy atom. The lowest BCUT2D eigenvalue weighted by Crippen LogP contribution is -2.36. The summed E-state index contributed by atoms with van der Waals surface area (Å²) in [6.07, 6.45) is 1.62. The molecular weight excluding hydrogens is 1110 g/mol. The van der Waals surface area contributed by atoms with Gasteiger partial charge in [0, 0.05) is 69.7 Å². The third-order valence-electron chi connectivity index (χ3n) is 14.9. The SMILES string of the molecule is N.N#Cc1c(N2CCOCC2)sc(C(=O)O)c1Cc1ccc2ccccc2c1.N#Cc1c(N2CCOCC2)sc(C(N)=O)c1Cc1ccc2ccccc2c1.N#Cc1c(N2CCOCC2)sc(C2=NN=NC2)c1Cc1ccc2ccccc2c1. The molecule has 6 aromatic carbocycles. The molecule has 0 aliphatic carbocycles. The number of nitriles is 3. The molecule has 3 aromatic heterocycles. The first-order chi connectivity index (χ1) is 40.7. The number of benzene rings is 6. The molecule has 84 heavy (non-hydrogen) atoms. The van der Waals surface area contributed by atoms with Crippen LogP contribution in [-0.2, 0) is 33.5 Å².